The summed E-state index contributed by atoms with van der Waals surface area (Å²) in [5, 5.41) is 0. The Morgan fingerprint density at radius 3 is 2.58 bits per heavy atom. The lowest BCUT2D eigenvalue weighted by Crippen LogP contribution is -1.96. The molecule has 0 bridgehead atoms. The Balaban J connectivity index is 3.27. The molecule has 0 radical (unpaired) electrons. The van der Waals surface area contributed by atoms with Crippen molar-refractivity contribution in [3.63, 3.8) is 0 Å². The van der Waals surface area contributed by atoms with Crippen molar-refractivity contribution >= 4 is 17.5 Å². The lowest BCUT2D eigenvalue weighted by Gasteiger charge is -2.03. The lowest BCUT2D eigenvalue weighted by atomic mass is 10.1. The predicted octanol–water partition coefficient (Wildman–Crippen LogP) is 2.75. The van der Waals surface area contributed by atoms with E-state index < -0.39 is 0 Å². The molecule has 0 spiro atoms. The summed E-state index contributed by atoms with van der Waals surface area (Å²) in [5.41, 5.74) is 0.461. The molecule has 0 atom stereocenters. The molecule has 0 aliphatic rings. The third kappa shape index (κ3) is 1.67. The molecule has 0 saturated carbocycles. The summed E-state index contributed by atoms with van der Waals surface area (Å²) in [6, 6.07) is 4.54. The molecular weight excluding hydrogens is 175 g/mol. The number of carbonyl (C=O) groups is 1. The molecule has 0 aromatic heterocycles. The first-order chi connectivity index (χ1) is 5.66. The summed E-state index contributed by atoms with van der Waals surface area (Å²) in [7, 11) is 0. The Morgan fingerprint density at radius 2 is 2.17 bits per heavy atom. The van der Waals surface area contributed by atoms with Gasteiger partial charge >= 0.3 is 0 Å². The number of thioether (sulfide) groups is 1. The molecule has 0 unspecified atom stereocenters. The van der Waals surface area contributed by atoms with E-state index in [4.69, 9.17) is 0 Å². The average molecular weight is 184 g/mol. The van der Waals surface area contributed by atoms with Gasteiger partial charge in [0.2, 0.25) is 0 Å². The van der Waals surface area contributed by atoms with Crippen LogP contribution in [0.1, 0.15) is 17.3 Å². The minimum absolute atomic E-state index is 0.0983. The number of hydrogen-bond acceptors (Lipinski definition) is 2. The maximum atomic E-state index is 13.0. The molecule has 0 amide bonds. The van der Waals surface area contributed by atoms with Gasteiger partial charge in [0.1, 0.15) is 5.82 Å². The van der Waals surface area contributed by atoms with Crippen LogP contribution in [0.4, 0.5) is 4.39 Å². The van der Waals surface area contributed by atoms with Crippen molar-refractivity contribution in [1.29, 1.82) is 0 Å². The second-order valence-corrected chi connectivity index (χ2v) is 3.19. The molecule has 1 rings (SSSR count). The summed E-state index contributed by atoms with van der Waals surface area (Å²) in [5.74, 6) is -0.422. The summed E-state index contributed by atoms with van der Waals surface area (Å²) < 4.78 is 13.0. The molecule has 0 heterocycles. The molecule has 0 fully saturated rings. The van der Waals surface area contributed by atoms with E-state index in [1.165, 1.54) is 24.8 Å². The smallest absolute Gasteiger partial charge is 0.161 e. The molecule has 12 heavy (non-hydrogen) atoms. The molecule has 1 aromatic rings. The second-order valence-electron chi connectivity index (χ2n) is 2.38. The zero-order valence-electron chi connectivity index (χ0n) is 6.93. The van der Waals surface area contributed by atoms with Crippen molar-refractivity contribution in [3.8, 4) is 0 Å². The van der Waals surface area contributed by atoms with E-state index in [0.717, 1.165) is 0 Å². The first-order valence-electron chi connectivity index (χ1n) is 3.50. The fourth-order valence-electron chi connectivity index (χ4n) is 0.994. The number of ketones is 1. The quantitative estimate of drug-likeness (QED) is 0.519. The van der Waals surface area contributed by atoms with E-state index in [1.54, 1.807) is 18.4 Å². The monoisotopic (exact) mass is 184 g/mol. The predicted molar refractivity (Wildman–Crippen MR) is 48.2 cm³/mol. The zero-order chi connectivity index (χ0) is 9.14. The van der Waals surface area contributed by atoms with Crippen LogP contribution in [-0.2, 0) is 0 Å². The zero-order valence-corrected chi connectivity index (χ0v) is 7.74. The normalized spacial score (nSPS) is 9.92. The van der Waals surface area contributed by atoms with Crippen LogP contribution in [0.3, 0.4) is 0 Å². The highest BCUT2D eigenvalue weighted by Gasteiger charge is 2.09. The van der Waals surface area contributed by atoms with Gasteiger partial charge in [0.15, 0.2) is 5.78 Å². The van der Waals surface area contributed by atoms with Gasteiger partial charge in [0.25, 0.3) is 0 Å². The van der Waals surface area contributed by atoms with Crippen molar-refractivity contribution in [1.82, 2.24) is 0 Å². The fraction of sp³-hybridized carbons (Fsp3) is 0.222. The van der Waals surface area contributed by atoms with E-state index in [9.17, 15) is 9.18 Å². The van der Waals surface area contributed by atoms with Crippen LogP contribution in [0.15, 0.2) is 23.1 Å². The molecule has 1 aromatic carbocycles. The molecule has 3 heteroatoms. The van der Waals surface area contributed by atoms with E-state index in [-0.39, 0.29) is 11.6 Å². The summed E-state index contributed by atoms with van der Waals surface area (Å²) >= 11 is 1.25. The molecular formula is C9H9FOS. The Bertz CT molecular complexity index is 309. The van der Waals surface area contributed by atoms with Crippen molar-refractivity contribution in [3.05, 3.63) is 29.6 Å². The van der Waals surface area contributed by atoms with E-state index in [2.05, 4.69) is 0 Å². The largest absolute Gasteiger partial charge is 0.294 e. The van der Waals surface area contributed by atoms with Gasteiger partial charge in [-0.15, -0.1) is 11.8 Å². The average Bonchev–Trinajstić information content (AvgIpc) is 2.03. The number of halogens is 1. The molecule has 64 valence electrons. The van der Waals surface area contributed by atoms with Crippen LogP contribution < -0.4 is 0 Å². The van der Waals surface area contributed by atoms with Gasteiger partial charge in [0, 0.05) is 5.56 Å². The highest BCUT2D eigenvalue weighted by atomic mass is 32.2. The number of hydrogen-bond donors (Lipinski definition) is 0. The minimum atomic E-state index is -0.324. The second kappa shape index (κ2) is 3.72. The van der Waals surface area contributed by atoms with E-state index in [1.807, 2.05) is 0 Å². The van der Waals surface area contributed by atoms with Crippen LogP contribution in [-0.4, -0.2) is 12.0 Å². The Labute approximate surface area is 75.0 Å². The maximum Gasteiger partial charge on any atom is 0.161 e. The molecule has 0 aliphatic carbocycles. The Morgan fingerprint density at radius 1 is 1.50 bits per heavy atom. The van der Waals surface area contributed by atoms with Crippen LogP contribution in [0.2, 0.25) is 0 Å². The van der Waals surface area contributed by atoms with Crippen molar-refractivity contribution in [2.75, 3.05) is 6.26 Å². The number of Topliss-reactive ketones (excluding diaryl/α,β-unsaturated/α-hetero) is 1. The van der Waals surface area contributed by atoms with Gasteiger partial charge in [-0.1, -0.05) is 12.1 Å². The SMILES string of the molecule is CSc1c(F)cccc1C(C)=O. The number of carbonyl (C=O) groups excluding carboxylic acids is 1. The Hall–Kier alpha value is -0.830. The first kappa shape index (κ1) is 9.26. The van der Waals surface area contributed by atoms with Crippen LogP contribution in [0.5, 0.6) is 0 Å². The van der Waals surface area contributed by atoms with Crippen molar-refractivity contribution in [2.24, 2.45) is 0 Å². The topological polar surface area (TPSA) is 17.1 Å². The van der Waals surface area contributed by atoms with Crippen LogP contribution in [0.25, 0.3) is 0 Å². The number of rotatable bonds is 2. The van der Waals surface area contributed by atoms with Gasteiger partial charge < -0.3 is 0 Å². The van der Waals surface area contributed by atoms with Gasteiger partial charge in [0.05, 0.1) is 4.90 Å². The standard InChI is InChI=1S/C9H9FOS/c1-6(11)7-4-3-5-8(10)9(7)12-2/h3-5H,1-2H3. The fourth-order valence-corrected chi connectivity index (χ4v) is 1.69. The first-order valence-corrected chi connectivity index (χ1v) is 4.72. The lowest BCUT2D eigenvalue weighted by molar-refractivity contribution is 0.101. The molecule has 0 saturated heterocycles. The van der Waals surface area contributed by atoms with Crippen molar-refractivity contribution < 1.29 is 9.18 Å². The highest BCUT2D eigenvalue weighted by molar-refractivity contribution is 7.98. The number of benzene rings is 1. The molecule has 0 N–H and O–H groups in total. The summed E-state index contributed by atoms with van der Waals surface area (Å²) in [4.78, 5) is 11.4. The maximum absolute atomic E-state index is 13.0. The van der Waals surface area contributed by atoms with Crippen LogP contribution >= 0.6 is 11.8 Å². The minimum Gasteiger partial charge on any atom is -0.294 e. The van der Waals surface area contributed by atoms with Gasteiger partial charge in [-0.05, 0) is 19.2 Å². The van der Waals surface area contributed by atoms with Gasteiger partial charge in [-0.3, -0.25) is 4.79 Å². The third-order valence-electron chi connectivity index (χ3n) is 1.55. The van der Waals surface area contributed by atoms with E-state index >= 15 is 0 Å². The van der Waals surface area contributed by atoms with E-state index in [0.29, 0.717) is 10.5 Å². The van der Waals surface area contributed by atoms with Gasteiger partial charge in [-0.2, -0.15) is 0 Å². The highest BCUT2D eigenvalue weighted by Crippen LogP contribution is 2.23. The Kier molecular flexibility index (Phi) is 2.87. The van der Waals surface area contributed by atoms with Crippen molar-refractivity contribution in [2.45, 2.75) is 11.8 Å². The molecule has 1 nitrogen and oxygen atoms in total. The third-order valence-corrected chi connectivity index (χ3v) is 2.37. The van der Waals surface area contributed by atoms with Crippen LogP contribution in [0, 0.1) is 5.82 Å². The molecule has 0 aliphatic heterocycles. The summed E-state index contributed by atoms with van der Waals surface area (Å²) in [6.07, 6.45) is 1.75. The van der Waals surface area contributed by atoms with Gasteiger partial charge in [-0.25, -0.2) is 4.39 Å². The summed E-state index contributed by atoms with van der Waals surface area (Å²) in [6.45, 7) is 1.44.